The first kappa shape index (κ1) is 27.2. The van der Waals surface area contributed by atoms with E-state index in [9.17, 15) is 4.79 Å². The van der Waals surface area contributed by atoms with E-state index < -0.39 is 0 Å². The summed E-state index contributed by atoms with van der Waals surface area (Å²) in [5.41, 5.74) is 3.94. The fourth-order valence-electron chi connectivity index (χ4n) is 4.81. The molecule has 0 radical (unpaired) electrons. The fraction of sp³-hybridized carbons (Fsp3) is 0.435. The number of methoxy groups -OCH3 is 1. The van der Waals surface area contributed by atoms with Crippen molar-refractivity contribution >= 4 is 54.1 Å². The van der Waals surface area contributed by atoms with Crippen molar-refractivity contribution < 1.29 is 4.74 Å². The number of ether oxygens (including phenoxy) is 1. The maximum atomic E-state index is 13.3. The van der Waals surface area contributed by atoms with Gasteiger partial charge in [0.05, 0.1) is 18.0 Å². The van der Waals surface area contributed by atoms with E-state index >= 15 is 0 Å². The van der Waals surface area contributed by atoms with Crippen molar-refractivity contribution in [1.29, 1.82) is 0 Å². The first-order chi connectivity index (χ1) is 14.6. The van der Waals surface area contributed by atoms with Crippen LogP contribution in [0.5, 0.6) is 5.75 Å². The molecule has 0 saturated carbocycles. The Kier molecular flexibility index (Phi) is 9.38. The Balaban J connectivity index is 0.00000128. The van der Waals surface area contributed by atoms with Crippen LogP contribution in [-0.2, 0) is 13.0 Å². The number of halogens is 3. The molecule has 1 atom stereocenters. The molecule has 5 rings (SSSR count). The van der Waals surface area contributed by atoms with Gasteiger partial charge in [-0.2, -0.15) is 0 Å². The Morgan fingerprint density at radius 2 is 1.97 bits per heavy atom. The van der Waals surface area contributed by atoms with Crippen LogP contribution in [0.2, 0.25) is 0 Å². The smallest absolute Gasteiger partial charge is 0.260 e. The number of hydrogen-bond donors (Lipinski definition) is 1. The Labute approximate surface area is 212 Å². The van der Waals surface area contributed by atoms with Crippen molar-refractivity contribution in [2.75, 3.05) is 32.1 Å². The third-order valence-corrected chi connectivity index (χ3v) is 6.43. The van der Waals surface area contributed by atoms with Gasteiger partial charge in [0, 0.05) is 43.5 Å². The minimum absolute atomic E-state index is 0. The molecule has 2 aromatic heterocycles. The van der Waals surface area contributed by atoms with E-state index in [-0.39, 0.29) is 48.8 Å². The van der Waals surface area contributed by atoms with Crippen molar-refractivity contribution in [3.05, 3.63) is 57.6 Å². The van der Waals surface area contributed by atoms with Gasteiger partial charge in [-0.05, 0) is 49.7 Å². The summed E-state index contributed by atoms with van der Waals surface area (Å²) in [6, 6.07) is 8.14. The third-order valence-electron chi connectivity index (χ3n) is 6.43. The van der Waals surface area contributed by atoms with Crippen LogP contribution in [0.15, 0.2) is 35.3 Å². The first-order valence-electron chi connectivity index (χ1n) is 10.6. The number of pyridine rings is 1. The average molecular weight is 515 g/mol. The van der Waals surface area contributed by atoms with Gasteiger partial charge in [-0.3, -0.25) is 19.7 Å². The highest BCUT2D eigenvalue weighted by Crippen LogP contribution is 2.35. The van der Waals surface area contributed by atoms with Crippen molar-refractivity contribution in [2.45, 2.75) is 38.3 Å². The van der Waals surface area contributed by atoms with Crippen LogP contribution in [0, 0.1) is 0 Å². The van der Waals surface area contributed by atoms with Crippen LogP contribution < -0.4 is 15.2 Å². The molecule has 4 heterocycles. The Hall–Kier alpha value is -2.06. The molecule has 33 heavy (non-hydrogen) atoms. The number of anilines is 1. The Morgan fingerprint density at radius 3 is 2.73 bits per heavy atom. The van der Waals surface area contributed by atoms with Crippen LogP contribution in [-0.4, -0.2) is 47.1 Å². The van der Waals surface area contributed by atoms with E-state index in [1.807, 2.05) is 24.4 Å². The molecule has 1 saturated heterocycles. The number of aromatic amines is 1. The number of nitrogens with one attached hydrogen (secondary N) is 1. The molecular formula is C23H30Cl3N5O2. The number of fused-ring (bicyclic) bond motifs is 2. The monoisotopic (exact) mass is 513 g/mol. The van der Waals surface area contributed by atoms with Gasteiger partial charge >= 0.3 is 0 Å². The minimum atomic E-state index is -0.0800. The maximum absolute atomic E-state index is 13.3. The summed E-state index contributed by atoms with van der Waals surface area (Å²) in [4.78, 5) is 30.1. The Bertz CT molecular complexity index is 1160. The molecule has 1 aromatic carbocycles. The molecule has 3 aromatic rings. The van der Waals surface area contributed by atoms with E-state index in [1.165, 1.54) is 18.4 Å². The van der Waals surface area contributed by atoms with Gasteiger partial charge in [0.2, 0.25) is 5.95 Å². The zero-order chi connectivity index (χ0) is 20.7. The number of piperidine rings is 1. The summed E-state index contributed by atoms with van der Waals surface area (Å²) >= 11 is 0. The van der Waals surface area contributed by atoms with Gasteiger partial charge in [0.15, 0.2) is 0 Å². The summed E-state index contributed by atoms with van der Waals surface area (Å²) in [6.45, 7) is 2.51. The molecule has 2 aliphatic rings. The van der Waals surface area contributed by atoms with Crippen molar-refractivity contribution in [1.82, 2.24) is 19.9 Å². The maximum Gasteiger partial charge on any atom is 0.260 e. The number of H-pyrrole nitrogens is 1. The minimum Gasteiger partial charge on any atom is -0.497 e. The molecular weight excluding hydrogens is 485 g/mol. The lowest BCUT2D eigenvalue weighted by Gasteiger charge is -2.33. The zero-order valence-electron chi connectivity index (χ0n) is 18.7. The largest absolute Gasteiger partial charge is 0.497 e. The van der Waals surface area contributed by atoms with Gasteiger partial charge in [0.1, 0.15) is 5.75 Å². The predicted octanol–water partition coefficient (Wildman–Crippen LogP) is 4.31. The fourth-order valence-corrected chi connectivity index (χ4v) is 4.81. The second-order valence-electron chi connectivity index (χ2n) is 8.27. The highest BCUT2D eigenvalue weighted by molar-refractivity contribution is 5.86. The van der Waals surface area contributed by atoms with Gasteiger partial charge < -0.3 is 9.64 Å². The van der Waals surface area contributed by atoms with Crippen LogP contribution in [0.1, 0.15) is 42.1 Å². The summed E-state index contributed by atoms with van der Waals surface area (Å²) in [6.07, 6.45) is 6.07. The van der Waals surface area contributed by atoms with Gasteiger partial charge in [-0.15, -0.1) is 37.2 Å². The van der Waals surface area contributed by atoms with Gasteiger partial charge in [-0.1, -0.05) is 12.5 Å². The highest BCUT2D eigenvalue weighted by atomic mass is 35.5. The molecule has 1 unspecified atom stereocenters. The van der Waals surface area contributed by atoms with Crippen LogP contribution in [0.25, 0.3) is 10.9 Å². The SMILES string of the molecule is COc1cc(C2CCCCN2C)c2c(=O)[nH]c(N3CCc4ncccc4C3)nc2c1.Cl.Cl.Cl. The molecule has 0 spiro atoms. The van der Waals surface area contributed by atoms with Crippen LogP contribution in [0.4, 0.5) is 5.95 Å². The molecule has 180 valence electrons. The quantitative estimate of drug-likeness (QED) is 0.561. The average Bonchev–Trinajstić information content (AvgIpc) is 2.78. The normalized spacial score (nSPS) is 17.9. The molecule has 1 fully saturated rings. The molecule has 0 bridgehead atoms. The molecule has 7 nitrogen and oxygen atoms in total. The number of benzene rings is 1. The van der Waals surface area contributed by atoms with Crippen LogP contribution in [0.3, 0.4) is 0 Å². The first-order valence-corrected chi connectivity index (χ1v) is 10.6. The molecule has 2 aliphatic heterocycles. The molecule has 0 aliphatic carbocycles. The Morgan fingerprint density at radius 1 is 1.15 bits per heavy atom. The zero-order valence-corrected chi connectivity index (χ0v) is 21.2. The van der Waals surface area contributed by atoms with Crippen LogP contribution >= 0.6 is 37.2 Å². The number of nitrogens with zero attached hydrogens (tertiary/aromatic N) is 4. The standard InChI is InChI=1S/C23H27N5O2.3ClH/c1-27-10-4-3-7-20(27)17-12-16(30-2)13-19-21(17)22(29)26-23(25-19)28-11-8-18-15(14-28)6-5-9-24-18;;;/h5-6,9,12-13,20H,3-4,7-8,10-11,14H2,1-2H3,(H,25,26,29);3*1H. The lowest BCUT2D eigenvalue weighted by atomic mass is 9.93. The lowest BCUT2D eigenvalue weighted by molar-refractivity contribution is 0.188. The van der Waals surface area contributed by atoms with Crippen molar-refractivity contribution in [2.24, 2.45) is 0 Å². The second-order valence-corrected chi connectivity index (χ2v) is 8.27. The van der Waals surface area contributed by atoms with E-state index in [4.69, 9.17) is 9.72 Å². The van der Waals surface area contributed by atoms with E-state index in [0.29, 0.717) is 23.4 Å². The van der Waals surface area contributed by atoms with Gasteiger partial charge in [-0.25, -0.2) is 4.98 Å². The lowest BCUT2D eigenvalue weighted by Crippen LogP contribution is -2.34. The molecule has 10 heteroatoms. The highest BCUT2D eigenvalue weighted by Gasteiger charge is 2.26. The summed E-state index contributed by atoms with van der Waals surface area (Å²) in [7, 11) is 3.79. The predicted molar refractivity (Wildman–Crippen MR) is 139 cm³/mol. The molecule has 0 amide bonds. The van der Waals surface area contributed by atoms with E-state index in [2.05, 4.69) is 32.9 Å². The second kappa shape index (κ2) is 11.4. The third kappa shape index (κ3) is 5.22. The summed E-state index contributed by atoms with van der Waals surface area (Å²) in [5, 5.41) is 0.678. The van der Waals surface area contributed by atoms with Crippen molar-refractivity contribution in [3.63, 3.8) is 0 Å². The summed E-state index contributed by atoms with van der Waals surface area (Å²) in [5.74, 6) is 1.35. The topological polar surface area (TPSA) is 74.3 Å². The number of likely N-dealkylation sites (tertiary alicyclic amines) is 1. The number of aromatic nitrogens is 3. The van der Waals surface area contributed by atoms with E-state index in [1.54, 1.807) is 7.11 Å². The van der Waals surface area contributed by atoms with Gasteiger partial charge in [0.25, 0.3) is 5.56 Å². The molecule has 1 N–H and O–H groups in total. The van der Waals surface area contributed by atoms with Crippen molar-refractivity contribution in [3.8, 4) is 5.75 Å². The number of hydrogen-bond acceptors (Lipinski definition) is 6. The summed E-state index contributed by atoms with van der Waals surface area (Å²) < 4.78 is 5.57. The number of rotatable bonds is 3. The van der Waals surface area contributed by atoms with E-state index in [0.717, 1.165) is 42.9 Å².